The fraction of sp³-hybridized carbons (Fsp3) is 0.457. The highest BCUT2D eigenvalue weighted by Crippen LogP contribution is 2.58. The van der Waals surface area contributed by atoms with Gasteiger partial charge in [-0.2, -0.15) is 0 Å². The fourth-order valence-corrected chi connectivity index (χ4v) is 7.92. The van der Waals surface area contributed by atoms with E-state index in [1.807, 2.05) is 101 Å². The number of carbonyl (C=O) groups is 3. The Morgan fingerprint density at radius 2 is 1.72 bits per heavy atom. The Balaban J connectivity index is 1.30. The molecule has 0 bridgehead atoms. The highest BCUT2D eigenvalue weighted by atomic mass is 16.5. The highest BCUT2D eigenvalue weighted by molar-refractivity contribution is 6.04. The third-order valence-electron chi connectivity index (χ3n) is 10.1. The van der Waals surface area contributed by atoms with Gasteiger partial charge in [-0.1, -0.05) is 55.5 Å². The van der Waals surface area contributed by atoms with Gasteiger partial charge in [0.2, 0.25) is 11.8 Å². The maximum Gasteiger partial charge on any atom is 0.250 e. The van der Waals surface area contributed by atoms with Gasteiger partial charge in [0.25, 0.3) is 5.91 Å². The summed E-state index contributed by atoms with van der Waals surface area (Å²) in [7, 11) is 0. The first kappa shape index (κ1) is 31.1. The van der Waals surface area contributed by atoms with Crippen LogP contribution >= 0.6 is 0 Å². The van der Waals surface area contributed by atoms with E-state index in [9.17, 15) is 19.5 Å². The number of rotatable bonds is 8. The molecule has 246 valence electrons. The number of hydrogen-bond donors (Lipinski definition) is 1. The summed E-state index contributed by atoms with van der Waals surface area (Å²) in [4.78, 5) is 49.1. The minimum Gasteiger partial charge on any atom is -0.494 e. The van der Waals surface area contributed by atoms with E-state index >= 15 is 0 Å². The topological polar surface area (TPSA) is 130 Å². The number of nitrogens with zero attached hydrogens (tertiary/aromatic N) is 6. The van der Waals surface area contributed by atoms with E-state index in [0.29, 0.717) is 30.1 Å². The molecule has 12 nitrogen and oxygen atoms in total. The number of anilines is 1. The molecule has 1 unspecified atom stereocenters. The number of likely N-dealkylation sites (tertiary alicyclic amines) is 1. The van der Waals surface area contributed by atoms with Crippen molar-refractivity contribution in [2.45, 2.75) is 57.6 Å². The van der Waals surface area contributed by atoms with Gasteiger partial charge in [0.05, 0.1) is 42.2 Å². The Kier molecular flexibility index (Phi) is 7.67. The molecule has 6 atom stereocenters. The Morgan fingerprint density at radius 1 is 0.979 bits per heavy atom. The molecule has 5 heterocycles. The van der Waals surface area contributed by atoms with Crippen LogP contribution < -0.4 is 9.64 Å². The summed E-state index contributed by atoms with van der Waals surface area (Å²) in [6.45, 7) is 8.35. The van der Waals surface area contributed by atoms with E-state index in [1.165, 1.54) is 4.90 Å². The third kappa shape index (κ3) is 4.76. The summed E-state index contributed by atoms with van der Waals surface area (Å²) in [5, 5.41) is 19.1. The molecule has 4 aliphatic heterocycles. The standard InChI is InChI=1S/C35H40N6O6/c1-5-46-24-14-12-23(13-15-24)39-19-8-16-34(4)28(31(39)43)29-32(44)41(27(20-42)22(2)3)30-33(45)38(18-9-17-35(29,30)47-34)21-40-26-11-7-6-10-25(26)36-37-40/h6-17,22,27-30,42H,5,18-21H2,1-4H3/t27-,28+,29-,30?,34-,35-/m0/s1. The lowest BCUT2D eigenvalue weighted by Crippen LogP contribution is -2.59. The summed E-state index contributed by atoms with van der Waals surface area (Å²) < 4.78 is 14.2. The first-order valence-electron chi connectivity index (χ1n) is 16.2. The van der Waals surface area contributed by atoms with Crippen LogP contribution in [0.15, 0.2) is 72.8 Å². The van der Waals surface area contributed by atoms with Crippen molar-refractivity contribution >= 4 is 34.4 Å². The van der Waals surface area contributed by atoms with Crippen molar-refractivity contribution < 1.29 is 29.0 Å². The molecule has 1 spiro atoms. The predicted molar refractivity (Wildman–Crippen MR) is 173 cm³/mol. The van der Waals surface area contributed by atoms with Crippen molar-refractivity contribution in [3.8, 4) is 5.75 Å². The minimum absolute atomic E-state index is 0.0967. The van der Waals surface area contributed by atoms with E-state index in [0.717, 1.165) is 5.52 Å². The van der Waals surface area contributed by atoms with Crippen molar-refractivity contribution in [1.29, 1.82) is 0 Å². The molecular formula is C35H40N6O6. The average Bonchev–Trinajstić information content (AvgIpc) is 3.58. The molecule has 12 heteroatoms. The van der Waals surface area contributed by atoms with Gasteiger partial charge in [-0.15, -0.1) is 5.10 Å². The Labute approximate surface area is 273 Å². The number of hydrogen-bond acceptors (Lipinski definition) is 8. The zero-order valence-corrected chi connectivity index (χ0v) is 27.0. The lowest BCUT2D eigenvalue weighted by molar-refractivity contribution is -0.156. The summed E-state index contributed by atoms with van der Waals surface area (Å²) in [6.07, 6.45) is 7.41. The van der Waals surface area contributed by atoms with Gasteiger partial charge >= 0.3 is 0 Å². The minimum atomic E-state index is -1.45. The summed E-state index contributed by atoms with van der Waals surface area (Å²) in [6, 6.07) is 13.0. The quantitative estimate of drug-likeness (QED) is 0.372. The lowest BCUT2D eigenvalue weighted by Gasteiger charge is -2.41. The molecule has 3 aromatic rings. The van der Waals surface area contributed by atoms with Gasteiger partial charge in [-0.25, -0.2) is 4.68 Å². The van der Waals surface area contributed by atoms with E-state index in [2.05, 4.69) is 10.3 Å². The molecule has 7 rings (SSSR count). The monoisotopic (exact) mass is 640 g/mol. The highest BCUT2D eigenvalue weighted by Gasteiger charge is 2.75. The van der Waals surface area contributed by atoms with Crippen molar-refractivity contribution in [3.63, 3.8) is 0 Å². The Bertz CT molecular complexity index is 1770. The Morgan fingerprint density at radius 3 is 2.45 bits per heavy atom. The van der Waals surface area contributed by atoms with Crippen LogP contribution in [0.4, 0.5) is 5.69 Å². The van der Waals surface area contributed by atoms with Gasteiger partial charge < -0.3 is 29.3 Å². The second-order valence-corrected chi connectivity index (χ2v) is 13.2. The van der Waals surface area contributed by atoms with Crippen molar-refractivity contribution in [2.75, 3.05) is 31.2 Å². The maximum absolute atomic E-state index is 14.8. The molecule has 2 fully saturated rings. The van der Waals surface area contributed by atoms with Crippen molar-refractivity contribution in [3.05, 3.63) is 72.8 Å². The summed E-state index contributed by atoms with van der Waals surface area (Å²) in [5.41, 5.74) is -0.476. The number of aromatic nitrogens is 3. The zero-order valence-electron chi connectivity index (χ0n) is 27.0. The summed E-state index contributed by atoms with van der Waals surface area (Å²) in [5.74, 6) is -2.40. The smallest absolute Gasteiger partial charge is 0.250 e. The van der Waals surface area contributed by atoms with Gasteiger partial charge in [-0.05, 0) is 56.2 Å². The molecule has 3 amide bonds. The molecule has 2 saturated heterocycles. The van der Waals surface area contributed by atoms with Gasteiger partial charge in [0.1, 0.15) is 29.6 Å². The van der Waals surface area contributed by atoms with Crippen LogP contribution in [0.1, 0.15) is 27.7 Å². The normalized spacial score (nSPS) is 29.3. The van der Waals surface area contributed by atoms with Crippen molar-refractivity contribution in [2.24, 2.45) is 17.8 Å². The number of benzene rings is 2. The second-order valence-electron chi connectivity index (χ2n) is 13.2. The van der Waals surface area contributed by atoms with E-state index in [1.54, 1.807) is 14.5 Å². The van der Waals surface area contributed by atoms with Crippen LogP contribution in [0.25, 0.3) is 11.0 Å². The molecular weight excluding hydrogens is 600 g/mol. The molecule has 1 N–H and O–H groups in total. The van der Waals surface area contributed by atoms with Gasteiger partial charge in [0.15, 0.2) is 0 Å². The van der Waals surface area contributed by atoms with Crippen LogP contribution in [0.5, 0.6) is 5.75 Å². The van der Waals surface area contributed by atoms with Crippen LogP contribution in [0, 0.1) is 17.8 Å². The Hall–Kier alpha value is -4.55. The number of amides is 3. The van der Waals surface area contributed by atoms with Crippen LogP contribution in [0.3, 0.4) is 0 Å². The first-order chi connectivity index (χ1) is 22.6. The van der Waals surface area contributed by atoms with Crippen LogP contribution in [-0.4, -0.2) is 97.2 Å². The largest absolute Gasteiger partial charge is 0.494 e. The number of para-hydroxylation sites is 1. The van der Waals surface area contributed by atoms with Crippen LogP contribution in [-0.2, 0) is 25.8 Å². The molecule has 1 aromatic heterocycles. The average molecular weight is 641 g/mol. The first-order valence-corrected chi connectivity index (χ1v) is 16.2. The SMILES string of the molecule is CCOc1ccc(N2CC=C[C@]3(C)O[C@]45C=CCN(Cn6nnc7ccccc76)C(=O)C4N([C@@H](CO)C(C)C)C(=O)[C@@H]5[C@@H]3C2=O)cc1. The number of ether oxygens (including phenoxy) is 2. The molecule has 47 heavy (non-hydrogen) atoms. The van der Waals surface area contributed by atoms with Crippen molar-refractivity contribution in [1.82, 2.24) is 24.8 Å². The fourth-order valence-electron chi connectivity index (χ4n) is 7.92. The van der Waals surface area contributed by atoms with E-state index in [-0.39, 0.29) is 43.5 Å². The number of carbonyl (C=O) groups excluding carboxylic acids is 3. The zero-order chi connectivity index (χ0) is 33.1. The number of aliphatic hydroxyl groups excluding tert-OH is 1. The number of fused-ring (bicyclic) bond motifs is 3. The molecule has 0 aliphatic carbocycles. The summed E-state index contributed by atoms with van der Waals surface area (Å²) >= 11 is 0. The second kappa shape index (κ2) is 11.6. The third-order valence-corrected chi connectivity index (χ3v) is 10.1. The van der Waals surface area contributed by atoms with E-state index < -0.39 is 35.1 Å². The maximum atomic E-state index is 14.8. The molecule has 4 aliphatic rings. The number of aliphatic hydroxyl groups is 1. The predicted octanol–water partition coefficient (Wildman–Crippen LogP) is 2.78. The molecule has 2 aromatic carbocycles. The van der Waals surface area contributed by atoms with Gasteiger partial charge in [0, 0.05) is 18.8 Å². The molecule has 0 saturated carbocycles. The van der Waals surface area contributed by atoms with E-state index in [4.69, 9.17) is 9.47 Å². The van der Waals surface area contributed by atoms with Crippen LogP contribution in [0.2, 0.25) is 0 Å². The lowest BCUT2D eigenvalue weighted by atomic mass is 9.74. The van der Waals surface area contributed by atoms with Gasteiger partial charge in [-0.3, -0.25) is 14.4 Å². The molecule has 0 radical (unpaired) electrons.